The number of hydrogen-bond acceptors (Lipinski definition) is 5. The number of piperidine rings is 1. The van der Waals surface area contributed by atoms with Gasteiger partial charge in [0.15, 0.2) is 0 Å². The number of rotatable bonds is 6. The van der Waals surface area contributed by atoms with Crippen LogP contribution in [-0.4, -0.2) is 49.7 Å². The van der Waals surface area contributed by atoms with Gasteiger partial charge in [-0.1, -0.05) is 0 Å². The molecular weight excluding hydrogens is 332 g/mol. The van der Waals surface area contributed by atoms with Crippen LogP contribution in [0.3, 0.4) is 0 Å². The Morgan fingerprint density at radius 1 is 1.15 bits per heavy atom. The lowest BCUT2D eigenvalue weighted by molar-refractivity contribution is 0.0633. The van der Waals surface area contributed by atoms with Crippen LogP contribution >= 0.6 is 0 Å². The van der Waals surface area contributed by atoms with Gasteiger partial charge in [-0.15, -0.1) is 0 Å². The molecule has 1 saturated heterocycles. The number of carbonyl (C=O) groups excluding carboxylic acids is 1. The van der Waals surface area contributed by atoms with Gasteiger partial charge in [-0.2, -0.15) is 0 Å². The van der Waals surface area contributed by atoms with Crippen molar-refractivity contribution in [3.8, 4) is 17.4 Å². The number of pyridine rings is 1. The maximum atomic E-state index is 12.7. The van der Waals surface area contributed by atoms with E-state index < -0.39 is 0 Å². The van der Waals surface area contributed by atoms with E-state index in [-0.39, 0.29) is 5.91 Å². The van der Waals surface area contributed by atoms with E-state index in [9.17, 15) is 4.79 Å². The average Bonchev–Trinajstić information content (AvgIpc) is 2.72. The summed E-state index contributed by atoms with van der Waals surface area (Å²) in [5, 5.41) is 0. The summed E-state index contributed by atoms with van der Waals surface area (Å²) >= 11 is 0. The molecule has 1 aliphatic heterocycles. The van der Waals surface area contributed by atoms with Crippen LogP contribution in [0.2, 0.25) is 0 Å². The van der Waals surface area contributed by atoms with Crippen molar-refractivity contribution in [1.82, 2.24) is 9.88 Å². The molecule has 3 rings (SSSR count). The Balaban J connectivity index is 1.56. The van der Waals surface area contributed by atoms with Crippen LogP contribution in [-0.2, 0) is 0 Å². The van der Waals surface area contributed by atoms with Crippen LogP contribution in [0.25, 0.3) is 0 Å². The number of ether oxygens (including phenoxy) is 3. The van der Waals surface area contributed by atoms with E-state index in [0.717, 1.165) is 30.9 Å². The van der Waals surface area contributed by atoms with Gasteiger partial charge in [0.1, 0.15) is 11.5 Å². The van der Waals surface area contributed by atoms with Gasteiger partial charge in [0.2, 0.25) is 5.88 Å². The van der Waals surface area contributed by atoms with Crippen LogP contribution in [0.15, 0.2) is 42.6 Å². The van der Waals surface area contributed by atoms with Crippen molar-refractivity contribution in [2.75, 3.05) is 33.9 Å². The standard InChI is InChI=1S/C20H24N2O4/c1-24-17-5-7-18(8-6-17)26-14-15-4-3-11-22(13-15)20(23)16-9-10-21-19(12-16)25-2/h5-10,12,15H,3-4,11,13-14H2,1-2H3/t15-/m1/s1. The van der Waals surface area contributed by atoms with Crippen molar-refractivity contribution in [2.45, 2.75) is 12.8 Å². The number of carbonyl (C=O) groups is 1. The predicted octanol–water partition coefficient (Wildman–Crippen LogP) is 3.03. The molecule has 6 nitrogen and oxygen atoms in total. The zero-order valence-electron chi connectivity index (χ0n) is 15.2. The lowest BCUT2D eigenvalue weighted by atomic mass is 9.98. The van der Waals surface area contributed by atoms with Crippen molar-refractivity contribution in [3.63, 3.8) is 0 Å². The predicted molar refractivity (Wildman–Crippen MR) is 97.9 cm³/mol. The molecule has 0 N–H and O–H groups in total. The Kier molecular flexibility index (Phi) is 5.94. The van der Waals surface area contributed by atoms with Crippen molar-refractivity contribution in [1.29, 1.82) is 0 Å². The summed E-state index contributed by atoms with van der Waals surface area (Å²) in [4.78, 5) is 18.7. The van der Waals surface area contributed by atoms with Crippen LogP contribution in [0.4, 0.5) is 0 Å². The van der Waals surface area contributed by atoms with Crippen molar-refractivity contribution in [3.05, 3.63) is 48.2 Å². The average molecular weight is 356 g/mol. The van der Waals surface area contributed by atoms with E-state index in [2.05, 4.69) is 4.98 Å². The second-order valence-corrected chi connectivity index (χ2v) is 6.33. The molecule has 1 atom stereocenters. The molecule has 0 bridgehead atoms. The van der Waals surface area contributed by atoms with E-state index in [0.29, 0.717) is 30.5 Å². The fourth-order valence-corrected chi connectivity index (χ4v) is 3.11. The molecule has 0 aliphatic carbocycles. The highest BCUT2D eigenvalue weighted by Crippen LogP contribution is 2.22. The monoisotopic (exact) mass is 356 g/mol. The summed E-state index contributed by atoms with van der Waals surface area (Å²) in [5.41, 5.74) is 0.605. The van der Waals surface area contributed by atoms with Gasteiger partial charge < -0.3 is 19.1 Å². The largest absolute Gasteiger partial charge is 0.497 e. The molecular formula is C20H24N2O4. The topological polar surface area (TPSA) is 60.9 Å². The Morgan fingerprint density at radius 2 is 1.92 bits per heavy atom. The van der Waals surface area contributed by atoms with Gasteiger partial charge in [-0.25, -0.2) is 4.98 Å². The van der Waals surface area contributed by atoms with Gasteiger partial charge in [0.25, 0.3) is 5.91 Å². The van der Waals surface area contributed by atoms with Crippen LogP contribution in [0, 0.1) is 5.92 Å². The maximum Gasteiger partial charge on any atom is 0.254 e. The number of nitrogens with zero attached hydrogens (tertiary/aromatic N) is 2. The number of methoxy groups -OCH3 is 2. The molecule has 1 aromatic carbocycles. The third kappa shape index (κ3) is 4.45. The second kappa shape index (κ2) is 8.56. The van der Waals surface area contributed by atoms with Gasteiger partial charge in [-0.05, 0) is 43.2 Å². The van der Waals surface area contributed by atoms with E-state index >= 15 is 0 Å². The Morgan fingerprint density at radius 3 is 2.65 bits per heavy atom. The zero-order valence-corrected chi connectivity index (χ0v) is 15.2. The Hall–Kier alpha value is -2.76. The normalized spacial score (nSPS) is 16.8. The SMILES string of the molecule is COc1ccc(OC[C@@H]2CCCN(C(=O)c3ccnc(OC)c3)C2)cc1. The summed E-state index contributed by atoms with van der Waals surface area (Å²) in [6, 6.07) is 11.0. The van der Waals surface area contributed by atoms with E-state index in [1.54, 1.807) is 32.5 Å². The van der Waals surface area contributed by atoms with Gasteiger partial charge in [0, 0.05) is 36.8 Å². The Labute approximate surface area is 153 Å². The van der Waals surface area contributed by atoms with E-state index in [1.165, 1.54) is 0 Å². The van der Waals surface area contributed by atoms with E-state index in [1.807, 2.05) is 29.2 Å². The third-order valence-corrected chi connectivity index (χ3v) is 4.54. The lowest BCUT2D eigenvalue weighted by Gasteiger charge is -2.32. The molecule has 1 aromatic heterocycles. The van der Waals surface area contributed by atoms with Crippen LogP contribution in [0.1, 0.15) is 23.2 Å². The molecule has 6 heteroatoms. The summed E-state index contributed by atoms with van der Waals surface area (Å²) < 4.78 is 16.1. The van der Waals surface area contributed by atoms with Crippen molar-refractivity contribution >= 4 is 5.91 Å². The smallest absolute Gasteiger partial charge is 0.254 e. The molecule has 26 heavy (non-hydrogen) atoms. The fourth-order valence-electron chi connectivity index (χ4n) is 3.11. The van der Waals surface area contributed by atoms with Gasteiger partial charge in [-0.3, -0.25) is 4.79 Å². The number of benzene rings is 1. The summed E-state index contributed by atoms with van der Waals surface area (Å²) in [5.74, 6) is 2.40. The maximum absolute atomic E-state index is 12.7. The molecule has 1 amide bonds. The van der Waals surface area contributed by atoms with Crippen LogP contribution < -0.4 is 14.2 Å². The summed E-state index contributed by atoms with van der Waals surface area (Å²) in [6.07, 6.45) is 3.63. The molecule has 2 heterocycles. The molecule has 0 unspecified atom stereocenters. The molecule has 0 spiro atoms. The zero-order chi connectivity index (χ0) is 18.4. The first kappa shape index (κ1) is 18.0. The summed E-state index contributed by atoms with van der Waals surface area (Å²) in [7, 11) is 3.19. The number of aromatic nitrogens is 1. The minimum atomic E-state index is 0.0137. The molecule has 1 aliphatic rings. The summed E-state index contributed by atoms with van der Waals surface area (Å²) in [6.45, 7) is 2.05. The molecule has 0 saturated carbocycles. The molecule has 1 fully saturated rings. The van der Waals surface area contributed by atoms with Crippen molar-refractivity contribution in [2.24, 2.45) is 5.92 Å². The molecule has 138 valence electrons. The second-order valence-electron chi connectivity index (χ2n) is 6.33. The first-order valence-corrected chi connectivity index (χ1v) is 8.76. The number of hydrogen-bond donors (Lipinski definition) is 0. The van der Waals surface area contributed by atoms with Crippen LogP contribution in [0.5, 0.6) is 17.4 Å². The first-order chi connectivity index (χ1) is 12.7. The third-order valence-electron chi connectivity index (χ3n) is 4.54. The number of likely N-dealkylation sites (tertiary alicyclic amines) is 1. The highest BCUT2D eigenvalue weighted by Gasteiger charge is 2.25. The minimum absolute atomic E-state index is 0.0137. The highest BCUT2D eigenvalue weighted by atomic mass is 16.5. The molecule has 0 radical (unpaired) electrons. The lowest BCUT2D eigenvalue weighted by Crippen LogP contribution is -2.41. The van der Waals surface area contributed by atoms with Gasteiger partial charge >= 0.3 is 0 Å². The minimum Gasteiger partial charge on any atom is -0.497 e. The quantitative estimate of drug-likeness (QED) is 0.796. The Bertz CT molecular complexity index is 733. The van der Waals surface area contributed by atoms with Gasteiger partial charge in [0.05, 0.1) is 20.8 Å². The first-order valence-electron chi connectivity index (χ1n) is 8.76. The van der Waals surface area contributed by atoms with Crippen molar-refractivity contribution < 1.29 is 19.0 Å². The molecule has 2 aromatic rings. The number of amides is 1. The fraction of sp³-hybridized carbons (Fsp3) is 0.400. The van der Waals surface area contributed by atoms with E-state index in [4.69, 9.17) is 14.2 Å². The highest BCUT2D eigenvalue weighted by molar-refractivity contribution is 5.94.